The molecule has 1 aromatic rings. The van der Waals surface area contributed by atoms with Crippen molar-refractivity contribution in [1.29, 1.82) is 0 Å². The maximum Gasteiger partial charge on any atom is 0.0707 e. The van der Waals surface area contributed by atoms with Crippen molar-refractivity contribution >= 4 is 0 Å². The van der Waals surface area contributed by atoms with Crippen LogP contribution in [0.4, 0.5) is 0 Å². The molecule has 0 amide bonds. The molecule has 0 aromatic carbocycles. The van der Waals surface area contributed by atoms with E-state index in [9.17, 15) is 0 Å². The van der Waals surface area contributed by atoms with E-state index in [0.29, 0.717) is 24.8 Å². The summed E-state index contributed by atoms with van der Waals surface area (Å²) in [7, 11) is 0. The van der Waals surface area contributed by atoms with E-state index in [1.54, 1.807) is 0 Å². The number of fused-ring (bicyclic) bond motifs is 2. The zero-order valence-corrected chi connectivity index (χ0v) is 9.96. The highest BCUT2D eigenvalue weighted by Gasteiger charge is 2.36. The summed E-state index contributed by atoms with van der Waals surface area (Å²) in [5, 5.41) is 0. The number of pyridine rings is 1. The van der Waals surface area contributed by atoms with Gasteiger partial charge in [-0.15, -0.1) is 0 Å². The number of rotatable bonds is 3. The van der Waals surface area contributed by atoms with Crippen LogP contribution < -0.4 is 5.73 Å². The third kappa shape index (κ3) is 2.20. The molecule has 1 aromatic heterocycles. The summed E-state index contributed by atoms with van der Waals surface area (Å²) in [5.74, 6) is 0. The van der Waals surface area contributed by atoms with Gasteiger partial charge >= 0.3 is 0 Å². The smallest absolute Gasteiger partial charge is 0.0707 e. The molecule has 2 N–H and O–H groups in total. The molecule has 3 rings (SSSR count). The summed E-state index contributed by atoms with van der Waals surface area (Å²) in [4.78, 5) is 6.54. The van der Waals surface area contributed by atoms with Gasteiger partial charge in [0.05, 0.1) is 12.2 Å². The molecule has 0 spiro atoms. The molecule has 2 aliphatic heterocycles. The van der Waals surface area contributed by atoms with Gasteiger partial charge in [0.2, 0.25) is 0 Å². The highest BCUT2D eigenvalue weighted by molar-refractivity contribution is 5.16. The predicted octanol–water partition coefficient (Wildman–Crippen LogP) is 0.945. The molecule has 0 radical (unpaired) electrons. The molecule has 2 saturated heterocycles. The summed E-state index contributed by atoms with van der Waals surface area (Å²) >= 11 is 0. The van der Waals surface area contributed by atoms with Crippen LogP contribution in [-0.4, -0.2) is 41.7 Å². The van der Waals surface area contributed by atoms with Crippen molar-refractivity contribution in [2.45, 2.75) is 31.1 Å². The van der Waals surface area contributed by atoms with Crippen LogP contribution in [0.5, 0.6) is 0 Å². The van der Waals surface area contributed by atoms with Crippen molar-refractivity contribution in [1.82, 2.24) is 9.88 Å². The van der Waals surface area contributed by atoms with Crippen LogP contribution in [0.25, 0.3) is 0 Å². The second-order valence-electron chi connectivity index (χ2n) is 4.94. The summed E-state index contributed by atoms with van der Waals surface area (Å²) < 4.78 is 5.86. The van der Waals surface area contributed by atoms with E-state index in [0.717, 1.165) is 13.1 Å². The normalized spacial score (nSPS) is 30.4. The Labute approximate surface area is 102 Å². The van der Waals surface area contributed by atoms with E-state index < -0.39 is 0 Å². The Morgan fingerprint density at radius 2 is 1.94 bits per heavy atom. The molecular weight excluding hydrogens is 214 g/mol. The number of hydrogen-bond acceptors (Lipinski definition) is 4. The quantitative estimate of drug-likeness (QED) is 0.844. The molecule has 2 fully saturated rings. The van der Waals surface area contributed by atoms with Crippen molar-refractivity contribution in [3.8, 4) is 0 Å². The molecule has 0 saturated carbocycles. The summed E-state index contributed by atoms with van der Waals surface area (Å²) in [5.41, 5.74) is 7.21. The molecule has 0 aliphatic carbocycles. The lowest BCUT2D eigenvalue weighted by molar-refractivity contribution is -0.0521. The predicted molar refractivity (Wildman–Crippen MR) is 65.5 cm³/mol. The van der Waals surface area contributed by atoms with Crippen LogP contribution >= 0.6 is 0 Å². The molecule has 4 heteroatoms. The van der Waals surface area contributed by atoms with Gasteiger partial charge in [-0.2, -0.15) is 0 Å². The number of hydrogen-bond donors (Lipinski definition) is 1. The zero-order valence-electron chi connectivity index (χ0n) is 9.96. The third-order valence-corrected chi connectivity index (χ3v) is 3.83. The Bertz CT molecular complexity index is 358. The number of morpholine rings is 1. The first-order valence-electron chi connectivity index (χ1n) is 6.36. The second kappa shape index (κ2) is 4.72. The molecule has 2 bridgehead atoms. The van der Waals surface area contributed by atoms with Gasteiger partial charge < -0.3 is 10.5 Å². The summed E-state index contributed by atoms with van der Waals surface area (Å²) in [6.07, 6.45) is 6.93. The van der Waals surface area contributed by atoms with Crippen LogP contribution in [-0.2, 0) is 4.74 Å². The fraction of sp³-hybridized carbons (Fsp3) is 0.615. The van der Waals surface area contributed by atoms with E-state index in [2.05, 4.69) is 22.0 Å². The Morgan fingerprint density at radius 3 is 2.53 bits per heavy atom. The first-order valence-corrected chi connectivity index (χ1v) is 6.36. The molecular formula is C13H19N3O. The van der Waals surface area contributed by atoms with Crippen molar-refractivity contribution in [2.24, 2.45) is 5.73 Å². The van der Waals surface area contributed by atoms with E-state index in [1.807, 2.05) is 12.4 Å². The highest BCUT2D eigenvalue weighted by atomic mass is 16.5. The average molecular weight is 233 g/mol. The summed E-state index contributed by atoms with van der Waals surface area (Å²) in [6, 6.07) is 4.44. The van der Waals surface area contributed by atoms with Crippen LogP contribution in [0.2, 0.25) is 0 Å². The Morgan fingerprint density at radius 1 is 1.29 bits per heavy atom. The Hall–Kier alpha value is -0.970. The number of aromatic nitrogens is 1. The van der Waals surface area contributed by atoms with Crippen molar-refractivity contribution in [3.05, 3.63) is 30.1 Å². The lowest BCUT2D eigenvalue weighted by Gasteiger charge is -2.37. The Kier molecular flexibility index (Phi) is 3.09. The SMILES string of the molecule is NCC(c1ccncc1)N1CC2CCC(C1)O2. The van der Waals surface area contributed by atoms with Gasteiger partial charge in [0.1, 0.15) is 0 Å². The minimum Gasteiger partial charge on any atom is -0.372 e. The van der Waals surface area contributed by atoms with Crippen molar-refractivity contribution < 1.29 is 4.74 Å². The lowest BCUT2D eigenvalue weighted by atomic mass is 10.1. The van der Waals surface area contributed by atoms with Crippen LogP contribution in [0, 0.1) is 0 Å². The number of ether oxygens (including phenoxy) is 1. The monoisotopic (exact) mass is 233 g/mol. The standard InChI is InChI=1S/C13H19N3O/c14-7-13(10-3-5-15-6-4-10)16-8-11-1-2-12(9-16)17-11/h3-6,11-13H,1-2,7-9,14H2. The molecule has 3 unspecified atom stereocenters. The van der Waals surface area contributed by atoms with Crippen molar-refractivity contribution in [3.63, 3.8) is 0 Å². The second-order valence-corrected chi connectivity index (χ2v) is 4.94. The minimum absolute atomic E-state index is 0.310. The fourth-order valence-corrected chi connectivity index (χ4v) is 2.98. The first-order chi connectivity index (χ1) is 8.36. The fourth-order valence-electron chi connectivity index (χ4n) is 2.98. The highest BCUT2D eigenvalue weighted by Crippen LogP contribution is 2.31. The number of likely N-dealkylation sites (tertiary alicyclic amines) is 1. The van der Waals surface area contributed by atoms with Crippen LogP contribution in [0.15, 0.2) is 24.5 Å². The van der Waals surface area contributed by atoms with E-state index in [1.165, 1.54) is 18.4 Å². The van der Waals surface area contributed by atoms with Crippen LogP contribution in [0.3, 0.4) is 0 Å². The van der Waals surface area contributed by atoms with Gasteiger partial charge in [0, 0.05) is 38.1 Å². The Balaban J connectivity index is 1.77. The van der Waals surface area contributed by atoms with Gasteiger partial charge in [-0.1, -0.05) is 0 Å². The third-order valence-electron chi connectivity index (χ3n) is 3.83. The van der Waals surface area contributed by atoms with Gasteiger partial charge in [0.15, 0.2) is 0 Å². The maximum absolute atomic E-state index is 5.94. The molecule has 92 valence electrons. The lowest BCUT2D eigenvalue weighted by Crippen LogP contribution is -2.46. The number of nitrogens with two attached hydrogens (primary N) is 1. The first kappa shape index (κ1) is 11.1. The topological polar surface area (TPSA) is 51.4 Å². The van der Waals surface area contributed by atoms with E-state index >= 15 is 0 Å². The van der Waals surface area contributed by atoms with Gasteiger partial charge in [0.25, 0.3) is 0 Å². The van der Waals surface area contributed by atoms with Crippen molar-refractivity contribution in [2.75, 3.05) is 19.6 Å². The minimum atomic E-state index is 0.310. The van der Waals surface area contributed by atoms with Crippen LogP contribution in [0.1, 0.15) is 24.4 Å². The molecule has 2 aliphatic rings. The molecule has 3 atom stereocenters. The van der Waals surface area contributed by atoms with Gasteiger partial charge in [-0.25, -0.2) is 0 Å². The molecule has 4 nitrogen and oxygen atoms in total. The van der Waals surface area contributed by atoms with Gasteiger partial charge in [-0.3, -0.25) is 9.88 Å². The molecule has 3 heterocycles. The van der Waals surface area contributed by atoms with E-state index in [4.69, 9.17) is 10.5 Å². The van der Waals surface area contributed by atoms with Gasteiger partial charge in [-0.05, 0) is 30.5 Å². The largest absolute Gasteiger partial charge is 0.372 e. The molecule has 17 heavy (non-hydrogen) atoms. The number of nitrogens with zero attached hydrogens (tertiary/aromatic N) is 2. The van der Waals surface area contributed by atoms with E-state index in [-0.39, 0.29) is 0 Å². The summed E-state index contributed by atoms with van der Waals surface area (Å²) in [6.45, 7) is 2.69. The maximum atomic E-state index is 5.94. The zero-order chi connectivity index (χ0) is 11.7. The average Bonchev–Trinajstić information content (AvgIpc) is 2.71.